The molecule has 2 aromatic carbocycles. The van der Waals surface area contributed by atoms with E-state index < -0.39 is 16.9 Å². The van der Waals surface area contributed by atoms with Crippen LogP contribution in [0.25, 0.3) is 22.3 Å². The Kier molecular flexibility index (Phi) is 3.36. The van der Waals surface area contributed by atoms with Gasteiger partial charge in [0.2, 0.25) is 5.75 Å². The Morgan fingerprint density at radius 3 is 2.32 bits per heavy atom. The molecule has 0 bridgehead atoms. The van der Waals surface area contributed by atoms with E-state index in [0.717, 1.165) is 0 Å². The fourth-order valence-corrected chi connectivity index (χ4v) is 2.78. The van der Waals surface area contributed by atoms with Crippen molar-refractivity contribution in [3.8, 4) is 34.3 Å². The van der Waals surface area contributed by atoms with Crippen LogP contribution in [0.15, 0.2) is 39.5 Å². The molecule has 0 aliphatic carbocycles. The van der Waals surface area contributed by atoms with Gasteiger partial charge in [-0.2, -0.15) is 0 Å². The molecule has 0 fully saturated rings. The van der Waals surface area contributed by atoms with Gasteiger partial charge in [-0.3, -0.25) is 4.79 Å². The fourth-order valence-electron chi connectivity index (χ4n) is 2.07. The average Bonchev–Trinajstić information content (AvgIpc) is 2.47. The second kappa shape index (κ2) is 5.09. The van der Waals surface area contributed by atoms with E-state index in [1.165, 1.54) is 30.3 Å². The second-order valence-electron chi connectivity index (χ2n) is 4.61. The van der Waals surface area contributed by atoms with Crippen molar-refractivity contribution < 1.29 is 24.8 Å². The molecule has 6 nitrogen and oxygen atoms in total. The highest BCUT2D eigenvalue weighted by molar-refractivity contribution is 14.1. The van der Waals surface area contributed by atoms with Crippen molar-refractivity contribution in [3.63, 3.8) is 0 Å². The lowest BCUT2D eigenvalue weighted by molar-refractivity contribution is 0.399. The minimum atomic E-state index is -0.533. The first-order chi connectivity index (χ1) is 10.4. The van der Waals surface area contributed by atoms with Gasteiger partial charge in [-0.25, -0.2) is 0 Å². The van der Waals surface area contributed by atoms with Gasteiger partial charge < -0.3 is 24.8 Å². The molecule has 0 spiro atoms. The molecule has 3 aromatic rings. The molecule has 0 saturated carbocycles. The SMILES string of the molecule is O=c1cc(-c2cc(O)c(O)cc2[123I])oc2c(O)c(O)ccc12. The van der Waals surface area contributed by atoms with Crippen LogP contribution < -0.4 is 5.43 Å². The van der Waals surface area contributed by atoms with E-state index in [-0.39, 0.29) is 28.2 Å². The highest BCUT2D eigenvalue weighted by Crippen LogP contribution is 2.38. The van der Waals surface area contributed by atoms with Gasteiger partial charge in [0.25, 0.3) is 0 Å². The first-order valence-electron chi connectivity index (χ1n) is 6.09. The van der Waals surface area contributed by atoms with Crippen molar-refractivity contribution >= 4 is 33.6 Å². The van der Waals surface area contributed by atoms with Gasteiger partial charge in [0.05, 0.1) is 5.39 Å². The van der Waals surface area contributed by atoms with Crippen LogP contribution in [0.3, 0.4) is 0 Å². The molecule has 0 atom stereocenters. The number of halogens is 1. The summed E-state index contributed by atoms with van der Waals surface area (Å²) < 4.78 is 6.05. The summed E-state index contributed by atoms with van der Waals surface area (Å²) in [5.41, 5.74) is -0.182. The van der Waals surface area contributed by atoms with Gasteiger partial charge in [-0.05, 0) is 46.9 Å². The third-order valence-electron chi connectivity index (χ3n) is 3.18. The third kappa shape index (κ3) is 2.23. The summed E-state index contributed by atoms with van der Waals surface area (Å²) in [6.45, 7) is 0. The molecule has 112 valence electrons. The molecular formula is C15H9IO6. The van der Waals surface area contributed by atoms with Crippen molar-refractivity contribution in [2.45, 2.75) is 0 Å². The Morgan fingerprint density at radius 1 is 0.909 bits per heavy atom. The zero-order chi connectivity index (χ0) is 16.0. The Labute approximate surface area is 137 Å². The van der Waals surface area contributed by atoms with Gasteiger partial charge in [-0.1, -0.05) is 0 Å². The molecule has 0 aliphatic heterocycles. The summed E-state index contributed by atoms with van der Waals surface area (Å²) in [6.07, 6.45) is 0. The summed E-state index contributed by atoms with van der Waals surface area (Å²) in [5, 5.41) is 38.6. The van der Waals surface area contributed by atoms with Crippen molar-refractivity contribution in [2.24, 2.45) is 0 Å². The van der Waals surface area contributed by atoms with E-state index in [0.29, 0.717) is 9.13 Å². The smallest absolute Gasteiger partial charge is 0.201 e. The molecule has 0 saturated heterocycles. The number of phenols is 4. The molecule has 0 radical (unpaired) electrons. The average molecular weight is 408 g/mol. The van der Waals surface area contributed by atoms with Crippen LogP contribution in [-0.4, -0.2) is 20.4 Å². The second-order valence-corrected chi connectivity index (χ2v) is 5.77. The molecule has 4 N–H and O–H groups in total. The van der Waals surface area contributed by atoms with Crippen LogP contribution in [0, 0.1) is 3.57 Å². The maximum absolute atomic E-state index is 12.1. The van der Waals surface area contributed by atoms with Crippen molar-refractivity contribution in [1.82, 2.24) is 0 Å². The maximum Gasteiger partial charge on any atom is 0.201 e. The molecule has 0 unspecified atom stereocenters. The molecular weight excluding hydrogens is 399 g/mol. The van der Waals surface area contributed by atoms with Crippen LogP contribution in [0.5, 0.6) is 23.0 Å². The largest absolute Gasteiger partial charge is 0.504 e. The standard InChI is InChI=1S/C15H9IO6/c16-8-4-12(20)11(19)3-7(8)13-5-10(18)6-1-2-9(17)14(21)15(6)22-13/h1-5,17,19-21H/i16-4. The Balaban J connectivity index is 2.36. The third-order valence-corrected chi connectivity index (χ3v) is 4.07. The van der Waals surface area contributed by atoms with Gasteiger partial charge in [0.15, 0.2) is 28.3 Å². The van der Waals surface area contributed by atoms with E-state index in [9.17, 15) is 25.2 Å². The highest BCUT2D eigenvalue weighted by atomic mass is 123. The van der Waals surface area contributed by atoms with E-state index >= 15 is 0 Å². The zero-order valence-electron chi connectivity index (χ0n) is 10.9. The van der Waals surface area contributed by atoms with E-state index in [2.05, 4.69) is 0 Å². The maximum atomic E-state index is 12.1. The van der Waals surface area contributed by atoms with E-state index in [4.69, 9.17) is 4.42 Å². The molecule has 7 heteroatoms. The zero-order valence-corrected chi connectivity index (χ0v) is 13.0. The summed E-state index contributed by atoms with van der Waals surface area (Å²) >= 11 is 1.91. The van der Waals surface area contributed by atoms with E-state index in [1.54, 1.807) is 0 Å². The quantitative estimate of drug-likeness (QED) is 0.364. The van der Waals surface area contributed by atoms with Crippen LogP contribution >= 0.6 is 22.6 Å². The monoisotopic (exact) mass is 408 g/mol. The summed E-state index contributed by atoms with van der Waals surface area (Å²) in [4.78, 5) is 12.1. The van der Waals surface area contributed by atoms with Crippen molar-refractivity contribution in [3.05, 3.63) is 44.1 Å². The molecule has 0 amide bonds. The molecule has 0 aliphatic rings. The van der Waals surface area contributed by atoms with E-state index in [1.807, 2.05) is 22.6 Å². The molecule has 1 aromatic heterocycles. The lowest BCUT2D eigenvalue weighted by atomic mass is 10.1. The predicted molar refractivity (Wildman–Crippen MR) is 87.3 cm³/mol. The summed E-state index contributed by atoms with van der Waals surface area (Å²) in [7, 11) is 0. The number of aromatic hydroxyl groups is 4. The summed E-state index contributed by atoms with van der Waals surface area (Å²) in [6, 6.07) is 6.33. The summed E-state index contributed by atoms with van der Waals surface area (Å²) in [5.74, 6) is -1.50. The van der Waals surface area contributed by atoms with Gasteiger partial charge >= 0.3 is 0 Å². The first kappa shape index (κ1) is 14.5. The molecule has 22 heavy (non-hydrogen) atoms. The van der Waals surface area contributed by atoms with Crippen molar-refractivity contribution in [2.75, 3.05) is 0 Å². The number of hydrogen-bond donors (Lipinski definition) is 4. The van der Waals surface area contributed by atoms with Crippen molar-refractivity contribution in [1.29, 1.82) is 0 Å². The van der Waals surface area contributed by atoms with Gasteiger partial charge in [0.1, 0.15) is 5.76 Å². The number of phenolic OH excluding ortho intramolecular Hbond substituents is 4. The lowest BCUT2D eigenvalue weighted by Crippen LogP contribution is -2.01. The number of rotatable bonds is 1. The normalized spacial score (nSPS) is 11.0. The molecule has 3 rings (SSSR count). The lowest BCUT2D eigenvalue weighted by Gasteiger charge is -2.08. The predicted octanol–water partition coefficient (Wildman–Crippen LogP) is 2.89. The number of hydrogen-bond acceptors (Lipinski definition) is 6. The minimum Gasteiger partial charge on any atom is -0.504 e. The number of fused-ring (bicyclic) bond motifs is 1. The van der Waals surface area contributed by atoms with Crippen LogP contribution in [-0.2, 0) is 0 Å². The Hall–Kier alpha value is -2.42. The fraction of sp³-hybridized carbons (Fsp3) is 0. The van der Waals surface area contributed by atoms with Gasteiger partial charge in [0, 0.05) is 15.2 Å². The van der Waals surface area contributed by atoms with Crippen LogP contribution in [0.4, 0.5) is 0 Å². The van der Waals surface area contributed by atoms with Gasteiger partial charge in [-0.15, -0.1) is 0 Å². The number of benzene rings is 2. The topological polar surface area (TPSA) is 111 Å². The van der Waals surface area contributed by atoms with Crippen LogP contribution in [0.1, 0.15) is 0 Å². The van der Waals surface area contributed by atoms with Crippen LogP contribution in [0.2, 0.25) is 0 Å². The molecule has 1 heterocycles. The first-order valence-corrected chi connectivity index (χ1v) is 7.17. The minimum absolute atomic E-state index is 0.0955. The highest BCUT2D eigenvalue weighted by Gasteiger charge is 2.16. The Morgan fingerprint density at radius 2 is 1.59 bits per heavy atom. The Bertz CT molecular complexity index is 960.